The van der Waals surface area contributed by atoms with E-state index < -0.39 is 5.41 Å². The maximum Gasteiger partial charge on any atom is 0.293 e. The van der Waals surface area contributed by atoms with E-state index in [-0.39, 0.29) is 24.5 Å². The zero-order valence-corrected chi connectivity index (χ0v) is 20.0. The van der Waals surface area contributed by atoms with E-state index in [0.717, 1.165) is 11.1 Å². The maximum absolute atomic E-state index is 13.5. The molecule has 0 saturated heterocycles. The lowest BCUT2D eigenvalue weighted by Gasteiger charge is -2.31. The van der Waals surface area contributed by atoms with Crippen LogP contribution >= 0.6 is 11.6 Å². The molecule has 0 aliphatic rings. The molecule has 1 N–H and O–H groups in total. The first-order valence-electron chi connectivity index (χ1n) is 10.8. The summed E-state index contributed by atoms with van der Waals surface area (Å²) in [5, 5.41) is 17.1. The Morgan fingerprint density at radius 1 is 1.29 bits per heavy atom. The van der Waals surface area contributed by atoms with Gasteiger partial charge in [0.2, 0.25) is 5.91 Å². The van der Waals surface area contributed by atoms with Crippen molar-refractivity contribution in [1.82, 2.24) is 10.5 Å². The van der Waals surface area contributed by atoms with Crippen molar-refractivity contribution >= 4 is 24.0 Å². The number of ether oxygens (including phenoxy) is 1. The second-order valence-electron chi connectivity index (χ2n) is 8.50. The first kappa shape index (κ1) is 25.0. The SMILES string of the molecule is Cc1cc(C(C)(COC=O)C(=O)N[C@@H](C)[C@@H](Cc2ccc(Cl)cc2)c2cccc(C#N)c2)no1. The average Bonchev–Trinajstić information content (AvgIpc) is 3.28. The molecule has 34 heavy (non-hydrogen) atoms. The molecule has 8 heteroatoms. The standard InChI is InChI=1S/C26H26ClN3O4/c1-17-11-24(30-34-17)26(3,15-33-16-31)25(32)29-18(2)23(13-19-7-9-22(27)10-8-19)21-6-4-5-20(12-21)14-28/h4-12,16,18,23H,13,15H2,1-3H3,(H,29,32)/t18-,23+,26?/m0/s1. The minimum atomic E-state index is -1.24. The molecule has 2 aromatic carbocycles. The Morgan fingerprint density at radius 3 is 2.65 bits per heavy atom. The van der Waals surface area contributed by atoms with Crippen molar-refractivity contribution < 1.29 is 18.8 Å². The van der Waals surface area contributed by atoms with Gasteiger partial charge in [-0.1, -0.05) is 41.0 Å². The number of nitrogens with one attached hydrogen (secondary N) is 1. The summed E-state index contributed by atoms with van der Waals surface area (Å²) in [5.41, 5.74) is 1.63. The first-order valence-corrected chi connectivity index (χ1v) is 11.2. The smallest absolute Gasteiger partial charge is 0.293 e. The summed E-state index contributed by atoms with van der Waals surface area (Å²) in [6.07, 6.45) is 0.609. The van der Waals surface area contributed by atoms with Crippen LogP contribution in [0.1, 0.15) is 47.9 Å². The number of nitrogens with zero attached hydrogens (tertiary/aromatic N) is 2. The lowest BCUT2D eigenvalue weighted by Crippen LogP contribution is -2.50. The Morgan fingerprint density at radius 2 is 2.03 bits per heavy atom. The predicted molar refractivity (Wildman–Crippen MR) is 127 cm³/mol. The number of hydrogen-bond donors (Lipinski definition) is 1. The number of carbonyl (C=O) groups is 2. The zero-order valence-electron chi connectivity index (χ0n) is 19.2. The van der Waals surface area contributed by atoms with Crippen LogP contribution in [0.25, 0.3) is 0 Å². The highest BCUT2D eigenvalue weighted by atomic mass is 35.5. The Labute approximate surface area is 203 Å². The highest BCUT2D eigenvalue weighted by Crippen LogP contribution is 2.29. The molecule has 0 saturated carbocycles. The number of aromatic nitrogens is 1. The monoisotopic (exact) mass is 479 g/mol. The Hall–Kier alpha value is -3.63. The molecular formula is C26H26ClN3O4. The average molecular weight is 480 g/mol. The molecule has 3 rings (SSSR count). The van der Waals surface area contributed by atoms with Gasteiger partial charge in [-0.3, -0.25) is 9.59 Å². The Balaban J connectivity index is 1.91. The van der Waals surface area contributed by atoms with E-state index in [4.69, 9.17) is 20.9 Å². The predicted octanol–water partition coefficient (Wildman–Crippen LogP) is 4.47. The summed E-state index contributed by atoms with van der Waals surface area (Å²) >= 11 is 6.04. The minimum Gasteiger partial charge on any atom is -0.466 e. The number of carbonyl (C=O) groups excluding carboxylic acids is 2. The molecule has 1 amide bonds. The van der Waals surface area contributed by atoms with Gasteiger partial charge in [-0.05, 0) is 62.6 Å². The fourth-order valence-electron chi connectivity index (χ4n) is 3.85. The second kappa shape index (κ2) is 11.0. The third-order valence-electron chi connectivity index (χ3n) is 5.91. The van der Waals surface area contributed by atoms with Crippen molar-refractivity contribution in [2.75, 3.05) is 6.61 Å². The normalized spacial score (nSPS) is 14.3. The van der Waals surface area contributed by atoms with E-state index in [0.29, 0.717) is 34.9 Å². The molecular weight excluding hydrogens is 454 g/mol. The van der Waals surface area contributed by atoms with Gasteiger partial charge in [0.15, 0.2) is 0 Å². The first-order chi connectivity index (χ1) is 16.3. The van der Waals surface area contributed by atoms with Crippen LogP contribution in [0.3, 0.4) is 0 Å². The van der Waals surface area contributed by atoms with Crippen LogP contribution in [0.4, 0.5) is 0 Å². The number of nitriles is 1. The van der Waals surface area contributed by atoms with Crippen molar-refractivity contribution in [3.8, 4) is 6.07 Å². The number of amides is 1. The number of benzene rings is 2. The molecule has 0 aliphatic heterocycles. The summed E-state index contributed by atoms with van der Waals surface area (Å²) in [5.74, 6) is 0.0449. The lowest BCUT2D eigenvalue weighted by molar-refractivity contribution is -0.136. The topological polar surface area (TPSA) is 105 Å². The number of halogens is 1. The number of rotatable bonds is 10. The molecule has 0 aliphatic carbocycles. The van der Waals surface area contributed by atoms with E-state index in [1.165, 1.54) is 0 Å². The lowest BCUT2D eigenvalue weighted by atomic mass is 9.83. The highest BCUT2D eigenvalue weighted by Gasteiger charge is 2.40. The Bertz CT molecular complexity index is 1190. The molecule has 176 valence electrons. The van der Waals surface area contributed by atoms with E-state index in [1.807, 2.05) is 49.4 Å². The van der Waals surface area contributed by atoms with Crippen molar-refractivity contribution in [3.05, 3.63) is 87.8 Å². The fraction of sp³-hybridized carbons (Fsp3) is 0.308. The molecule has 1 heterocycles. The maximum atomic E-state index is 13.5. The Kier molecular flexibility index (Phi) is 8.08. The summed E-state index contributed by atoms with van der Waals surface area (Å²) in [6.45, 7) is 5.40. The minimum absolute atomic E-state index is 0.145. The van der Waals surface area contributed by atoms with Crippen LogP contribution in [0.15, 0.2) is 59.1 Å². The molecule has 3 aromatic rings. The van der Waals surface area contributed by atoms with E-state index in [1.54, 1.807) is 26.0 Å². The summed E-state index contributed by atoms with van der Waals surface area (Å²) < 4.78 is 10.1. The fourth-order valence-corrected chi connectivity index (χ4v) is 3.97. The third-order valence-corrected chi connectivity index (χ3v) is 6.16. The quantitative estimate of drug-likeness (QED) is 0.430. The van der Waals surface area contributed by atoms with Gasteiger partial charge in [0.1, 0.15) is 23.5 Å². The second-order valence-corrected chi connectivity index (χ2v) is 8.94. The number of aryl methyl sites for hydroxylation is 1. The molecule has 1 aromatic heterocycles. The van der Waals surface area contributed by atoms with Gasteiger partial charge in [0, 0.05) is 23.0 Å². The van der Waals surface area contributed by atoms with Crippen molar-refractivity contribution in [1.29, 1.82) is 5.26 Å². The van der Waals surface area contributed by atoms with Crippen LogP contribution in [0.5, 0.6) is 0 Å². The molecule has 0 bridgehead atoms. The van der Waals surface area contributed by atoms with E-state index in [2.05, 4.69) is 16.5 Å². The van der Waals surface area contributed by atoms with E-state index >= 15 is 0 Å². The molecule has 3 atom stereocenters. The zero-order chi connectivity index (χ0) is 24.7. The molecule has 0 radical (unpaired) electrons. The van der Waals surface area contributed by atoms with Crippen molar-refractivity contribution in [2.45, 2.75) is 44.6 Å². The summed E-state index contributed by atoms with van der Waals surface area (Å²) in [6, 6.07) is 18.4. The number of hydrogen-bond acceptors (Lipinski definition) is 6. The van der Waals surface area contributed by atoms with Crippen LogP contribution in [0, 0.1) is 18.3 Å². The largest absolute Gasteiger partial charge is 0.466 e. The molecule has 0 fully saturated rings. The van der Waals surface area contributed by atoms with Gasteiger partial charge in [0.25, 0.3) is 6.47 Å². The van der Waals surface area contributed by atoms with Crippen LogP contribution in [-0.2, 0) is 26.2 Å². The molecule has 7 nitrogen and oxygen atoms in total. The van der Waals surface area contributed by atoms with Gasteiger partial charge in [-0.2, -0.15) is 5.26 Å². The highest BCUT2D eigenvalue weighted by molar-refractivity contribution is 6.30. The van der Waals surface area contributed by atoms with Gasteiger partial charge < -0.3 is 14.6 Å². The van der Waals surface area contributed by atoms with Gasteiger partial charge >= 0.3 is 0 Å². The third kappa shape index (κ3) is 5.83. The molecule has 0 spiro atoms. The van der Waals surface area contributed by atoms with E-state index in [9.17, 15) is 14.9 Å². The van der Waals surface area contributed by atoms with Crippen LogP contribution in [-0.4, -0.2) is 30.2 Å². The molecule has 1 unspecified atom stereocenters. The van der Waals surface area contributed by atoms with Gasteiger partial charge in [0.05, 0.1) is 11.6 Å². The van der Waals surface area contributed by atoms with Crippen LogP contribution < -0.4 is 5.32 Å². The van der Waals surface area contributed by atoms with Crippen LogP contribution in [0.2, 0.25) is 5.02 Å². The summed E-state index contributed by atoms with van der Waals surface area (Å²) in [4.78, 5) is 24.4. The van der Waals surface area contributed by atoms with Gasteiger partial charge in [-0.25, -0.2) is 0 Å². The van der Waals surface area contributed by atoms with Crippen molar-refractivity contribution in [3.63, 3.8) is 0 Å². The van der Waals surface area contributed by atoms with Gasteiger partial charge in [-0.15, -0.1) is 0 Å². The summed E-state index contributed by atoms with van der Waals surface area (Å²) in [7, 11) is 0. The van der Waals surface area contributed by atoms with Crippen molar-refractivity contribution in [2.24, 2.45) is 0 Å².